The van der Waals surface area contributed by atoms with E-state index in [0.29, 0.717) is 41.7 Å². The minimum atomic E-state index is -0.344. The molecule has 8 heteroatoms. The highest BCUT2D eigenvalue weighted by atomic mass is 35.5. The van der Waals surface area contributed by atoms with Crippen molar-refractivity contribution >= 4 is 45.8 Å². The Hall–Kier alpha value is -2.87. The summed E-state index contributed by atoms with van der Waals surface area (Å²) >= 11 is 6.03. The largest absolute Gasteiger partial charge is 0.451 e. The predicted octanol–water partition coefficient (Wildman–Crippen LogP) is 3.92. The molecule has 2 aromatic carbocycles. The normalized spacial score (nSPS) is 14.6. The number of morpholine rings is 1. The van der Waals surface area contributed by atoms with Crippen molar-refractivity contribution < 1.29 is 18.7 Å². The molecule has 0 spiro atoms. The quantitative estimate of drug-likeness (QED) is 0.644. The zero-order valence-electron chi connectivity index (χ0n) is 16.5. The fourth-order valence-corrected chi connectivity index (χ4v) is 3.57. The van der Waals surface area contributed by atoms with E-state index in [1.54, 1.807) is 42.5 Å². The van der Waals surface area contributed by atoms with Crippen LogP contribution in [-0.4, -0.2) is 49.6 Å². The number of carbonyl (C=O) groups is 2. The van der Waals surface area contributed by atoms with Crippen LogP contribution in [0.4, 0.5) is 11.4 Å². The maximum Gasteiger partial charge on any atom is 0.291 e. The molecule has 7 nitrogen and oxygen atoms in total. The first-order valence-corrected chi connectivity index (χ1v) is 10.1. The predicted molar refractivity (Wildman–Crippen MR) is 116 cm³/mol. The molecule has 156 valence electrons. The number of amides is 2. The lowest BCUT2D eigenvalue weighted by atomic mass is 10.1. The Labute approximate surface area is 178 Å². The van der Waals surface area contributed by atoms with Gasteiger partial charge in [0, 0.05) is 40.4 Å². The molecule has 1 aliphatic heterocycles. The van der Waals surface area contributed by atoms with Crippen molar-refractivity contribution in [2.45, 2.75) is 6.92 Å². The number of halogens is 1. The molecule has 2 N–H and O–H groups in total. The van der Waals surface area contributed by atoms with E-state index in [9.17, 15) is 9.59 Å². The van der Waals surface area contributed by atoms with Crippen LogP contribution in [0.2, 0.25) is 5.02 Å². The van der Waals surface area contributed by atoms with Gasteiger partial charge < -0.3 is 19.8 Å². The third kappa shape index (κ3) is 4.64. The first-order chi connectivity index (χ1) is 14.5. The molecule has 0 unspecified atom stereocenters. The summed E-state index contributed by atoms with van der Waals surface area (Å²) in [5.74, 6) is -0.177. The first kappa shape index (κ1) is 20.4. The van der Waals surface area contributed by atoms with E-state index >= 15 is 0 Å². The van der Waals surface area contributed by atoms with E-state index < -0.39 is 0 Å². The Kier molecular flexibility index (Phi) is 6.03. The molecule has 0 atom stereocenters. The molecule has 0 aliphatic carbocycles. The lowest BCUT2D eigenvalue weighted by Gasteiger charge is -2.25. The molecule has 1 aliphatic rings. The average molecular weight is 428 g/mol. The van der Waals surface area contributed by atoms with Crippen LogP contribution in [0.25, 0.3) is 11.0 Å². The number of hydrogen-bond acceptors (Lipinski definition) is 5. The summed E-state index contributed by atoms with van der Waals surface area (Å²) < 4.78 is 11.0. The number of ether oxygens (including phenoxy) is 1. The van der Waals surface area contributed by atoms with Gasteiger partial charge in [-0.25, -0.2) is 0 Å². The Morgan fingerprint density at radius 3 is 2.40 bits per heavy atom. The number of hydrogen-bond donors (Lipinski definition) is 2. The number of nitrogens with one attached hydrogen (secondary N) is 2. The minimum Gasteiger partial charge on any atom is -0.451 e. The van der Waals surface area contributed by atoms with E-state index in [2.05, 4.69) is 15.5 Å². The summed E-state index contributed by atoms with van der Waals surface area (Å²) in [7, 11) is 0. The highest BCUT2D eigenvalue weighted by Gasteiger charge is 2.18. The fourth-order valence-electron chi connectivity index (χ4n) is 3.40. The SMILES string of the molecule is Cc1c(C(=O)Nc2ccc(NC(=O)CN3CCOCC3)cc2)oc2ccc(Cl)cc12. The van der Waals surface area contributed by atoms with Crippen LogP contribution in [-0.2, 0) is 9.53 Å². The van der Waals surface area contributed by atoms with Gasteiger partial charge in [-0.15, -0.1) is 0 Å². The van der Waals surface area contributed by atoms with Gasteiger partial charge in [-0.05, 0) is 49.4 Å². The Balaban J connectivity index is 1.38. The van der Waals surface area contributed by atoms with Crippen molar-refractivity contribution in [3.8, 4) is 0 Å². The number of nitrogens with zero attached hydrogens (tertiary/aromatic N) is 1. The second-order valence-electron chi connectivity index (χ2n) is 7.16. The number of anilines is 2. The molecule has 3 aromatic rings. The zero-order chi connectivity index (χ0) is 21.1. The highest BCUT2D eigenvalue weighted by molar-refractivity contribution is 6.31. The van der Waals surface area contributed by atoms with Crippen LogP contribution in [0.3, 0.4) is 0 Å². The van der Waals surface area contributed by atoms with E-state index in [-0.39, 0.29) is 17.6 Å². The summed E-state index contributed by atoms with van der Waals surface area (Å²) in [6.45, 7) is 4.97. The molecule has 0 saturated carbocycles. The number of benzene rings is 2. The standard InChI is InChI=1S/C22H22ClN3O4/c1-14-18-12-15(23)2-7-19(18)30-21(14)22(28)25-17-5-3-16(4-6-17)24-20(27)13-26-8-10-29-11-9-26/h2-7,12H,8-11,13H2,1H3,(H,24,27)(H,25,28). The smallest absolute Gasteiger partial charge is 0.291 e. The Morgan fingerprint density at radius 2 is 1.70 bits per heavy atom. The molecular weight excluding hydrogens is 406 g/mol. The van der Waals surface area contributed by atoms with E-state index in [4.69, 9.17) is 20.8 Å². The van der Waals surface area contributed by atoms with Gasteiger partial charge in [0.25, 0.3) is 5.91 Å². The second-order valence-corrected chi connectivity index (χ2v) is 7.60. The van der Waals surface area contributed by atoms with E-state index in [1.165, 1.54) is 0 Å². The van der Waals surface area contributed by atoms with Crippen molar-refractivity contribution in [2.24, 2.45) is 0 Å². The first-order valence-electron chi connectivity index (χ1n) is 9.69. The maximum absolute atomic E-state index is 12.7. The second kappa shape index (κ2) is 8.87. The number of carbonyl (C=O) groups excluding carboxylic acids is 2. The third-order valence-electron chi connectivity index (χ3n) is 5.00. The number of rotatable bonds is 5. The fraction of sp³-hybridized carbons (Fsp3) is 0.273. The van der Waals surface area contributed by atoms with Crippen LogP contribution in [0.1, 0.15) is 16.1 Å². The molecular formula is C22H22ClN3O4. The van der Waals surface area contributed by atoms with Gasteiger partial charge in [-0.1, -0.05) is 11.6 Å². The molecule has 30 heavy (non-hydrogen) atoms. The molecule has 0 radical (unpaired) electrons. The Bertz CT molecular complexity index is 1070. The van der Waals surface area contributed by atoms with Gasteiger partial charge in [0.2, 0.25) is 5.91 Å². The number of aryl methyl sites for hydroxylation is 1. The van der Waals surface area contributed by atoms with Crippen molar-refractivity contribution in [1.29, 1.82) is 0 Å². The van der Waals surface area contributed by atoms with Crippen LogP contribution >= 0.6 is 11.6 Å². The van der Waals surface area contributed by atoms with Crippen molar-refractivity contribution in [2.75, 3.05) is 43.5 Å². The van der Waals surface area contributed by atoms with Crippen LogP contribution < -0.4 is 10.6 Å². The highest BCUT2D eigenvalue weighted by Crippen LogP contribution is 2.28. The van der Waals surface area contributed by atoms with Gasteiger partial charge in [0.1, 0.15) is 5.58 Å². The lowest BCUT2D eigenvalue weighted by Crippen LogP contribution is -2.41. The van der Waals surface area contributed by atoms with Gasteiger partial charge in [0.15, 0.2) is 5.76 Å². The summed E-state index contributed by atoms with van der Waals surface area (Å²) in [6, 6.07) is 12.2. The van der Waals surface area contributed by atoms with E-state index in [0.717, 1.165) is 24.0 Å². The molecule has 4 rings (SSSR count). The molecule has 2 amide bonds. The summed E-state index contributed by atoms with van der Waals surface area (Å²) in [4.78, 5) is 26.9. The van der Waals surface area contributed by atoms with Crippen molar-refractivity contribution in [3.63, 3.8) is 0 Å². The molecule has 0 bridgehead atoms. The molecule has 1 aromatic heterocycles. The van der Waals surface area contributed by atoms with Gasteiger partial charge in [-0.2, -0.15) is 0 Å². The van der Waals surface area contributed by atoms with Gasteiger partial charge in [0.05, 0.1) is 19.8 Å². The Morgan fingerprint density at radius 1 is 1.03 bits per heavy atom. The monoisotopic (exact) mass is 427 g/mol. The minimum absolute atomic E-state index is 0.0785. The van der Waals surface area contributed by atoms with Crippen LogP contribution in [0, 0.1) is 6.92 Å². The zero-order valence-corrected chi connectivity index (χ0v) is 17.3. The van der Waals surface area contributed by atoms with Gasteiger partial charge in [-0.3, -0.25) is 14.5 Å². The van der Waals surface area contributed by atoms with E-state index in [1.807, 2.05) is 6.92 Å². The number of fused-ring (bicyclic) bond motifs is 1. The maximum atomic E-state index is 12.7. The summed E-state index contributed by atoms with van der Waals surface area (Å²) in [6.07, 6.45) is 0. The molecule has 1 fully saturated rings. The summed E-state index contributed by atoms with van der Waals surface area (Å²) in [5.41, 5.74) is 2.61. The average Bonchev–Trinajstić information content (AvgIpc) is 3.06. The topological polar surface area (TPSA) is 83.8 Å². The van der Waals surface area contributed by atoms with Crippen molar-refractivity contribution in [1.82, 2.24) is 4.90 Å². The lowest BCUT2D eigenvalue weighted by molar-refractivity contribution is -0.118. The third-order valence-corrected chi connectivity index (χ3v) is 5.24. The van der Waals surface area contributed by atoms with Crippen molar-refractivity contribution in [3.05, 3.63) is 58.8 Å². The number of furan rings is 1. The summed E-state index contributed by atoms with van der Waals surface area (Å²) in [5, 5.41) is 7.09. The molecule has 2 heterocycles. The molecule has 1 saturated heterocycles. The van der Waals surface area contributed by atoms with Crippen LogP contribution in [0.15, 0.2) is 46.9 Å². The van der Waals surface area contributed by atoms with Gasteiger partial charge >= 0.3 is 0 Å². The van der Waals surface area contributed by atoms with Crippen LogP contribution in [0.5, 0.6) is 0 Å².